The Bertz CT molecular complexity index is 130. The number of hydrogen-bond donors (Lipinski definition) is 1. The van der Waals surface area contributed by atoms with Crippen molar-refractivity contribution in [2.75, 3.05) is 20.2 Å². The molecule has 3 heteroatoms. The summed E-state index contributed by atoms with van der Waals surface area (Å²) in [6, 6.07) is 0. The fourth-order valence-corrected chi connectivity index (χ4v) is 2.01. The molecule has 0 radical (unpaired) electrons. The van der Waals surface area contributed by atoms with Gasteiger partial charge in [-0.15, -0.1) is 12.4 Å². The van der Waals surface area contributed by atoms with E-state index in [1.807, 2.05) is 7.11 Å². The van der Waals surface area contributed by atoms with Crippen LogP contribution in [0.5, 0.6) is 0 Å². The Morgan fingerprint density at radius 2 is 2.18 bits per heavy atom. The number of ether oxygens (including phenoxy) is 1. The maximum atomic E-state index is 5.49. The highest BCUT2D eigenvalue weighted by atomic mass is 35.5. The van der Waals surface area contributed by atoms with Crippen LogP contribution in [0.25, 0.3) is 0 Å². The van der Waals surface area contributed by atoms with Crippen molar-refractivity contribution in [3.8, 4) is 0 Å². The summed E-state index contributed by atoms with van der Waals surface area (Å²) >= 11 is 0. The summed E-state index contributed by atoms with van der Waals surface area (Å²) in [6.45, 7) is 2.36. The molecule has 0 spiro atoms. The Kier molecular flexibility index (Phi) is 2.79. The fourth-order valence-electron chi connectivity index (χ4n) is 2.01. The number of nitrogens with one attached hydrogen (secondary N) is 1. The first kappa shape index (κ1) is 9.30. The second-order valence-corrected chi connectivity index (χ2v) is 3.46. The molecular weight excluding hydrogens is 162 g/mol. The summed E-state index contributed by atoms with van der Waals surface area (Å²) in [5, 5.41) is 3.37. The van der Waals surface area contributed by atoms with E-state index in [0.717, 1.165) is 5.92 Å². The monoisotopic (exact) mass is 177 g/mol. The van der Waals surface area contributed by atoms with Gasteiger partial charge < -0.3 is 10.1 Å². The molecule has 1 heterocycles. The largest absolute Gasteiger partial charge is 0.378 e. The van der Waals surface area contributed by atoms with E-state index in [1.165, 1.54) is 32.4 Å². The first-order valence-corrected chi connectivity index (χ1v) is 4.13. The van der Waals surface area contributed by atoms with E-state index in [9.17, 15) is 0 Å². The molecule has 2 nitrogen and oxygen atoms in total. The Hall–Kier alpha value is 0.210. The highest BCUT2D eigenvalue weighted by Crippen LogP contribution is 2.47. The lowest BCUT2D eigenvalue weighted by atomic mass is 10.00. The third-order valence-corrected chi connectivity index (χ3v) is 2.95. The summed E-state index contributed by atoms with van der Waals surface area (Å²) in [7, 11) is 1.85. The van der Waals surface area contributed by atoms with Gasteiger partial charge in [0.15, 0.2) is 0 Å². The van der Waals surface area contributed by atoms with Crippen molar-refractivity contribution in [2.45, 2.75) is 24.9 Å². The topological polar surface area (TPSA) is 21.3 Å². The van der Waals surface area contributed by atoms with Crippen molar-refractivity contribution in [2.24, 2.45) is 5.92 Å². The molecule has 1 aliphatic carbocycles. The van der Waals surface area contributed by atoms with E-state index in [4.69, 9.17) is 4.74 Å². The number of halogens is 1. The first-order chi connectivity index (χ1) is 4.87. The van der Waals surface area contributed by atoms with Crippen molar-refractivity contribution in [3.63, 3.8) is 0 Å². The van der Waals surface area contributed by atoms with Gasteiger partial charge in [-0.05, 0) is 25.8 Å². The zero-order chi connectivity index (χ0) is 7.03. The smallest absolute Gasteiger partial charge is 0.0721 e. The predicted molar refractivity (Wildman–Crippen MR) is 47.2 cm³/mol. The SMILES string of the molecule is COC1(C2CCNC2)CC1.Cl. The second kappa shape index (κ2) is 3.30. The quantitative estimate of drug-likeness (QED) is 0.685. The molecule has 0 bridgehead atoms. The zero-order valence-corrected chi connectivity index (χ0v) is 7.75. The van der Waals surface area contributed by atoms with Gasteiger partial charge >= 0.3 is 0 Å². The molecule has 1 unspecified atom stereocenters. The Morgan fingerprint density at radius 3 is 2.55 bits per heavy atom. The molecule has 11 heavy (non-hydrogen) atoms. The van der Waals surface area contributed by atoms with Crippen LogP contribution in [0.1, 0.15) is 19.3 Å². The molecule has 0 aromatic heterocycles. The lowest BCUT2D eigenvalue weighted by Gasteiger charge is -2.19. The summed E-state index contributed by atoms with van der Waals surface area (Å²) < 4.78 is 5.49. The van der Waals surface area contributed by atoms with Crippen LogP contribution in [0.4, 0.5) is 0 Å². The van der Waals surface area contributed by atoms with E-state index in [-0.39, 0.29) is 12.4 Å². The average molecular weight is 178 g/mol. The van der Waals surface area contributed by atoms with Crippen LogP contribution in [0, 0.1) is 5.92 Å². The first-order valence-electron chi connectivity index (χ1n) is 4.13. The lowest BCUT2D eigenvalue weighted by molar-refractivity contribution is 0.0355. The molecule has 2 rings (SSSR count). The molecule has 1 atom stereocenters. The van der Waals surface area contributed by atoms with Gasteiger partial charge in [0, 0.05) is 19.6 Å². The second-order valence-electron chi connectivity index (χ2n) is 3.46. The van der Waals surface area contributed by atoms with Crippen LogP contribution >= 0.6 is 12.4 Å². The minimum absolute atomic E-state index is 0. The number of methoxy groups -OCH3 is 1. The van der Waals surface area contributed by atoms with Crippen molar-refractivity contribution in [1.29, 1.82) is 0 Å². The highest BCUT2D eigenvalue weighted by Gasteiger charge is 2.50. The highest BCUT2D eigenvalue weighted by molar-refractivity contribution is 5.85. The maximum Gasteiger partial charge on any atom is 0.0721 e. The van der Waals surface area contributed by atoms with Crippen LogP contribution < -0.4 is 5.32 Å². The van der Waals surface area contributed by atoms with Gasteiger partial charge in [-0.25, -0.2) is 0 Å². The van der Waals surface area contributed by atoms with Crippen LogP contribution in [0.15, 0.2) is 0 Å². The van der Waals surface area contributed by atoms with Crippen molar-refractivity contribution >= 4 is 12.4 Å². The Morgan fingerprint density at radius 1 is 1.45 bits per heavy atom. The average Bonchev–Trinajstić information content (AvgIpc) is 2.58. The van der Waals surface area contributed by atoms with E-state index in [1.54, 1.807) is 0 Å². The van der Waals surface area contributed by atoms with Gasteiger partial charge in [-0.2, -0.15) is 0 Å². The zero-order valence-electron chi connectivity index (χ0n) is 6.93. The van der Waals surface area contributed by atoms with Crippen molar-refractivity contribution < 1.29 is 4.74 Å². The third kappa shape index (κ3) is 1.53. The van der Waals surface area contributed by atoms with Crippen LogP contribution in [-0.4, -0.2) is 25.8 Å². The van der Waals surface area contributed by atoms with Gasteiger partial charge in [0.1, 0.15) is 0 Å². The van der Waals surface area contributed by atoms with E-state index in [2.05, 4.69) is 5.32 Å². The summed E-state index contributed by atoms with van der Waals surface area (Å²) in [6.07, 6.45) is 3.89. The number of rotatable bonds is 2. The summed E-state index contributed by atoms with van der Waals surface area (Å²) in [4.78, 5) is 0. The minimum Gasteiger partial charge on any atom is -0.378 e. The Labute approximate surface area is 74.1 Å². The van der Waals surface area contributed by atoms with E-state index < -0.39 is 0 Å². The molecule has 0 aromatic rings. The maximum absolute atomic E-state index is 5.49. The van der Waals surface area contributed by atoms with Gasteiger partial charge in [0.25, 0.3) is 0 Å². The van der Waals surface area contributed by atoms with Gasteiger partial charge in [-0.1, -0.05) is 0 Å². The van der Waals surface area contributed by atoms with Crippen molar-refractivity contribution in [1.82, 2.24) is 5.32 Å². The molecule has 1 N–H and O–H groups in total. The molecule has 1 saturated carbocycles. The molecular formula is C8H16ClNO. The van der Waals surface area contributed by atoms with Crippen LogP contribution in [0.2, 0.25) is 0 Å². The standard InChI is InChI=1S/C8H15NO.ClH/c1-10-8(3-4-8)7-2-5-9-6-7;/h7,9H,2-6H2,1H3;1H. The molecule has 0 aromatic carbocycles. The van der Waals surface area contributed by atoms with Gasteiger partial charge in [0.05, 0.1) is 5.60 Å². The normalized spacial score (nSPS) is 33.0. The summed E-state index contributed by atoms with van der Waals surface area (Å²) in [5.41, 5.74) is 0.309. The molecule has 1 aliphatic heterocycles. The van der Waals surface area contributed by atoms with Gasteiger partial charge in [-0.3, -0.25) is 0 Å². The minimum atomic E-state index is 0. The van der Waals surface area contributed by atoms with Crippen LogP contribution in [0.3, 0.4) is 0 Å². The molecule has 2 aliphatic rings. The third-order valence-electron chi connectivity index (χ3n) is 2.95. The molecule has 66 valence electrons. The molecule has 0 amide bonds. The number of hydrogen-bond acceptors (Lipinski definition) is 2. The lowest BCUT2D eigenvalue weighted by Crippen LogP contribution is -2.26. The fraction of sp³-hybridized carbons (Fsp3) is 1.00. The summed E-state index contributed by atoms with van der Waals surface area (Å²) in [5.74, 6) is 0.803. The van der Waals surface area contributed by atoms with E-state index in [0.29, 0.717) is 5.60 Å². The van der Waals surface area contributed by atoms with Gasteiger partial charge in [0.2, 0.25) is 0 Å². The van der Waals surface area contributed by atoms with Crippen LogP contribution in [-0.2, 0) is 4.74 Å². The Balaban J connectivity index is 0.000000605. The molecule has 1 saturated heterocycles. The van der Waals surface area contributed by atoms with E-state index >= 15 is 0 Å². The molecule has 2 fully saturated rings. The predicted octanol–water partition coefficient (Wildman–Crippen LogP) is 1.20. The van der Waals surface area contributed by atoms with Crippen molar-refractivity contribution in [3.05, 3.63) is 0 Å².